The number of hydrogen-bond donors (Lipinski definition) is 3. The molecule has 106 valence electrons. The molecular formula is C13H17N5O2. The van der Waals surface area contributed by atoms with Crippen LogP contribution in [0.2, 0.25) is 0 Å². The minimum Gasteiger partial charge on any atom is -0.369 e. The number of aromatic nitrogens is 3. The maximum absolute atomic E-state index is 11.9. The van der Waals surface area contributed by atoms with E-state index in [-0.39, 0.29) is 29.7 Å². The predicted molar refractivity (Wildman–Crippen MR) is 75.3 cm³/mol. The summed E-state index contributed by atoms with van der Waals surface area (Å²) in [6, 6.07) is 2.00. The molecule has 3 atom stereocenters. The summed E-state index contributed by atoms with van der Waals surface area (Å²) in [5, 5.41) is 3.88. The van der Waals surface area contributed by atoms with Gasteiger partial charge in [-0.05, 0) is 19.9 Å². The zero-order valence-corrected chi connectivity index (χ0v) is 11.4. The van der Waals surface area contributed by atoms with Gasteiger partial charge in [0.15, 0.2) is 0 Å². The van der Waals surface area contributed by atoms with Crippen molar-refractivity contribution in [1.82, 2.24) is 20.3 Å². The highest BCUT2D eigenvalue weighted by molar-refractivity contribution is 5.80. The lowest BCUT2D eigenvalue weighted by atomic mass is 10.0. The summed E-state index contributed by atoms with van der Waals surface area (Å²) in [6.07, 6.45) is 1.35. The molecule has 2 aromatic heterocycles. The molecule has 1 saturated heterocycles. The molecule has 3 rings (SSSR count). The maximum atomic E-state index is 11.9. The van der Waals surface area contributed by atoms with Gasteiger partial charge in [-0.15, -0.1) is 0 Å². The molecule has 4 N–H and O–H groups in total. The van der Waals surface area contributed by atoms with Gasteiger partial charge in [0.05, 0.1) is 17.7 Å². The number of nitrogens with two attached hydrogens (primary N) is 1. The van der Waals surface area contributed by atoms with Gasteiger partial charge in [0.2, 0.25) is 5.95 Å². The first-order valence-electron chi connectivity index (χ1n) is 6.58. The monoisotopic (exact) mass is 275 g/mol. The SMILES string of the molecule is C[C@@H]1COC(c2nccc3c(=O)[nH]c(N)nc23)[C@@H](C)N1. The first kappa shape index (κ1) is 13.0. The van der Waals surface area contributed by atoms with Crippen LogP contribution < -0.4 is 16.6 Å². The van der Waals surface area contributed by atoms with Crippen LogP contribution in [0.25, 0.3) is 10.9 Å². The molecule has 0 saturated carbocycles. The summed E-state index contributed by atoms with van der Waals surface area (Å²) >= 11 is 0. The third-order valence-electron chi connectivity index (χ3n) is 3.47. The molecule has 0 amide bonds. The molecule has 2 aromatic rings. The molecule has 1 unspecified atom stereocenters. The van der Waals surface area contributed by atoms with Crippen LogP contribution in [0.1, 0.15) is 25.6 Å². The fourth-order valence-electron chi connectivity index (χ4n) is 2.60. The normalized spacial score (nSPS) is 26.8. The van der Waals surface area contributed by atoms with E-state index in [1.807, 2.05) is 6.92 Å². The van der Waals surface area contributed by atoms with E-state index in [4.69, 9.17) is 10.5 Å². The van der Waals surface area contributed by atoms with Gasteiger partial charge < -0.3 is 15.8 Å². The minimum atomic E-state index is -0.263. The zero-order valence-electron chi connectivity index (χ0n) is 11.4. The summed E-state index contributed by atoms with van der Waals surface area (Å²) < 4.78 is 5.86. The van der Waals surface area contributed by atoms with E-state index in [0.717, 1.165) is 0 Å². The molecule has 0 aliphatic carbocycles. The van der Waals surface area contributed by atoms with Gasteiger partial charge in [-0.2, -0.15) is 0 Å². The Kier molecular flexibility index (Phi) is 3.15. The van der Waals surface area contributed by atoms with Gasteiger partial charge in [-0.3, -0.25) is 14.8 Å². The summed E-state index contributed by atoms with van der Waals surface area (Å²) in [4.78, 5) is 23.0. The number of rotatable bonds is 1. The third kappa shape index (κ3) is 2.14. The number of nitrogens with zero attached hydrogens (tertiary/aromatic N) is 2. The van der Waals surface area contributed by atoms with E-state index >= 15 is 0 Å². The van der Waals surface area contributed by atoms with Crippen molar-refractivity contribution in [2.75, 3.05) is 12.3 Å². The predicted octanol–water partition coefficient (Wildman–Crippen LogP) is 0.338. The van der Waals surface area contributed by atoms with Gasteiger partial charge in [0.1, 0.15) is 11.6 Å². The van der Waals surface area contributed by atoms with E-state index in [1.165, 1.54) is 0 Å². The molecule has 0 aromatic carbocycles. The molecule has 1 aliphatic heterocycles. The summed E-state index contributed by atoms with van der Waals surface area (Å²) in [6.45, 7) is 4.67. The van der Waals surface area contributed by atoms with Gasteiger partial charge in [-0.1, -0.05) is 0 Å². The van der Waals surface area contributed by atoms with Gasteiger partial charge in [-0.25, -0.2) is 4.98 Å². The lowest BCUT2D eigenvalue weighted by Gasteiger charge is -2.34. The highest BCUT2D eigenvalue weighted by Crippen LogP contribution is 2.27. The van der Waals surface area contributed by atoms with Crippen molar-refractivity contribution in [3.05, 3.63) is 28.3 Å². The molecule has 1 fully saturated rings. The molecule has 7 heteroatoms. The number of hydrogen-bond acceptors (Lipinski definition) is 6. The second-order valence-electron chi connectivity index (χ2n) is 5.15. The van der Waals surface area contributed by atoms with Crippen molar-refractivity contribution >= 4 is 16.9 Å². The topological polar surface area (TPSA) is 106 Å². The fraction of sp³-hybridized carbons (Fsp3) is 0.462. The average molecular weight is 275 g/mol. The number of H-pyrrole nitrogens is 1. The number of morpholine rings is 1. The molecule has 20 heavy (non-hydrogen) atoms. The fourth-order valence-corrected chi connectivity index (χ4v) is 2.60. The third-order valence-corrected chi connectivity index (χ3v) is 3.47. The van der Waals surface area contributed by atoms with Crippen LogP contribution >= 0.6 is 0 Å². The Bertz CT molecular complexity index is 699. The van der Waals surface area contributed by atoms with Crippen LogP contribution in [0, 0.1) is 0 Å². The smallest absolute Gasteiger partial charge is 0.260 e. The van der Waals surface area contributed by atoms with Gasteiger partial charge in [0, 0.05) is 18.3 Å². The van der Waals surface area contributed by atoms with Crippen LogP contribution in [0.4, 0.5) is 5.95 Å². The standard InChI is InChI=1S/C13H17N5O2/c1-6-5-20-11(7(2)16-6)10-9-8(3-4-15-10)12(19)18-13(14)17-9/h3-4,6-7,11,16H,5H2,1-2H3,(H3,14,17,18,19)/t6-,7-,11?/m1/s1. The van der Waals surface area contributed by atoms with Crippen molar-refractivity contribution in [2.24, 2.45) is 0 Å². The molecule has 7 nitrogen and oxygen atoms in total. The Morgan fingerprint density at radius 2 is 2.25 bits per heavy atom. The van der Waals surface area contributed by atoms with Crippen LogP contribution in [-0.2, 0) is 4.74 Å². The number of aromatic amines is 1. The Morgan fingerprint density at radius 3 is 3.00 bits per heavy atom. The lowest BCUT2D eigenvalue weighted by molar-refractivity contribution is -0.0222. The van der Waals surface area contributed by atoms with E-state index < -0.39 is 0 Å². The van der Waals surface area contributed by atoms with E-state index in [0.29, 0.717) is 23.2 Å². The van der Waals surface area contributed by atoms with Gasteiger partial charge in [0.25, 0.3) is 5.56 Å². The largest absolute Gasteiger partial charge is 0.369 e. The van der Waals surface area contributed by atoms with E-state index in [1.54, 1.807) is 12.3 Å². The summed E-state index contributed by atoms with van der Waals surface area (Å²) in [5.74, 6) is 0.0848. The number of anilines is 1. The number of ether oxygens (including phenoxy) is 1. The molecule has 3 heterocycles. The molecule has 1 aliphatic rings. The van der Waals surface area contributed by atoms with E-state index in [2.05, 4.69) is 27.2 Å². The number of fused-ring (bicyclic) bond motifs is 1. The van der Waals surface area contributed by atoms with Gasteiger partial charge >= 0.3 is 0 Å². The van der Waals surface area contributed by atoms with Crippen LogP contribution in [-0.4, -0.2) is 33.6 Å². The maximum Gasteiger partial charge on any atom is 0.260 e. The van der Waals surface area contributed by atoms with E-state index in [9.17, 15) is 4.79 Å². The van der Waals surface area contributed by atoms with Crippen LogP contribution in [0.5, 0.6) is 0 Å². The highest BCUT2D eigenvalue weighted by atomic mass is 16.5. The number of nitrogens with one attached hydrogen (secondary N) is 2. The van der Waals surface area contributed by atoms with Crippen molar-refractivity contribution in [1.29, 1.82) is 0 Å². The van der Waals surface area contributed by atoms with Crippen LogP contribution in [0.3, 0.4) is 0 Å². The first-order chi connectivity index (χ1) is 9.56. The molecular weight excluding hydrogens is 258 g/mol. The van der Waals surface area contributed by atoms with Crippen molar-refractivity contribution in [2.45, 2.75) is 32.0 Å². The quantitative estimate of drug-likeness (QED) is 0.693. The van der Waals surface area contributed by atoms with Crippen molar-refractivity contribution in [3.8, 4) is 0 Å². The number of nitrogen functional groups attached to an aromatic ring is 1. The Labute approximate surface area is 115 Å². The van der Waals surface area contributed by atoms with Crippen molar-refractivity contribution in [3.63, 3.8) is 0 Å². The average Bonchev–Trinajstić information content (AvgIpc) is 2.38. The first-order valence-corrected chi connectivity index (χ1v) is 6.58. The Morgan fingerprint density at radius 1 is 1.45 bits per heavy atom. The Balaban J connectivity index is 2.14. The number of pyridine rings is 1. The summed E-state index contributed by atoms with van der Waals surface area (Å²) in [7, 11) is 0. The zero-order chi connectivity index (χ0) is 14.3. The molecule has 0 spiro atoms. The van der Waals surface area contributed by atoms with Crippen LogP contribution in [0.15, 0.2) is 17.1 Å². The second-order valence-corrected chi connectivity index (χ2v) is 5.15. The molecule has 0 bridgehead atoms. The Hall–Kier alpha value is -1.99. The van der Waals surface area contributed by atoms with Crippen molar-refractivity contribution < 1.29 is 4.74 Å². The summed E-state index contributed by atoms with van der Waals surface area (Å²) in [5.41, 5.74) is 6.51. The highest BCUT2D eigenvalue weighted by Gasteiger charge is 2.30. The molecule has 0 radical (unpaired) electrons. The minimum absolute atomic E-state index is 0.0826. The second kappa shape index (κ2) is 4.84. The lowest BCUT2D eigenvalue weighted by Crippen LogP contribution is -2.47.